The van der Waals surface area contributed by atoms with Gasteiger partial charge in [-0.1, -0.05) is 23.7 Å². The van der Waals surface area contributed by atoms with Crippen LogP contribution in [0.4, 0.5) is 14.5 Å². The molecule has 0 saturated heterocycles. The summed E-state index contributed by atoms with van der Waals surface area (Å²) in [5.41, 5.74) is 2.01. The second kappa shape index (κ2) is 6.41. The van der Waals surface area contributed by atoms with E-state index in [-0.39, 0.29) is 5.56 Å². The zero-order valence-electron chi connectivity index (χ0n) is 12.5. The van der Waals surface area contributed by atoms with E-state index >= 15 is 0 Å². The first-order chi connectivity index (χ1) is 11.5. The Hall–Kier alpha value is -2.73. The molecule has 4 nitrogen and oxygen atoms in total. The van der Waals surface area contributed by atoms with Crippen LogP contribution in [0.3, 0.4) is 0 Å². The van der Waals surface area contributed by atoms with Crippen LogP contribution in [0, 0.1) is 18.6 Å². The molecule has 122 valence electrons. The summed E-state index contributed by atoms with van der Waals surface area (Å²) >= 11 is 5.87. The van der Waals surface area contributed by atoms with Gasteiger partial charge in [0.25, 0.3) is 5.91 Å². The number of rotatable bonds is 3. The fourth-order valence-corrected chi connectivity index (χ4v) is 2.38. The number of nitrogens with one attached hydrogen (secondary N) is 2. The van der Waals surface area contributed by atoms with Crippen LogP contribution in [0.5, 0.6) is 0 Å². The van der Waals surface area contributed by atoms with Crippen molar-refractivity contribution in [1.29, 1.82) is 0 Å². The summed E-state index contributed by atoms with van der Waals surface area (Å²) in [6.07, 6.45) is 0. The average Bonchev–Trinajstić information content (AvgIpc) is 2.89. The maximum atomic E-state index is 13.8. The van der Waals surface area contributed by atoms with Gasteiger partial charge in [0.2, 0.25) is 0 Å². The lowest BCUT2D eigenvalue weighted by atomic mass is 10.1. The van der Waals surface area contributed by atoms with Crippen LogP contribution in [0.15, 0.2) is 42.5 Å². The average molecular weight is 348 g/mol. The molecule has 0 aliphatic carbocycles. The number of aromatic nitrogens is 2. The normalized spacial score (nSPS) is 10.7. The van der Waals surface area contributed by atoms with Crippen molar-refractivity contribution in [3.8, 4) is 11.3 Å². The van der Waals surface area contributed by atoms with E-state index in [0.29, 0.717) is 28.2 Å². The summed E-state index contributed by atoms with van der Waals surface area (Å²) in [5.74, 6) is -2.36. The Bertz CT molecular complexity index is 907. The highest BCUT2D eigenvalue weighted by atomic mass is 35.5. The van der Waals surface area contributed by atoms with Gasteiger partial charge in [-0.15, -0.1) is 0 Å². The van der Waals surface area contributed by atoms with E-state index in [9.17, 15) is 13.6 Å². The second-order valence-electron chi connectivity index (χ2n) is 5.16. The smallest absolute Gasteiger partial charge is 0.258 e. The Morgan fingerprint density at radius 1 is 1.17 bits per heavy atom. The molecule has 3 rings (SSSR count). The maximum Gasteiger partial charge on any atom is 0.258 e. The van der Waals surface area contributed by atoms with Crippen LogP contribution < -0.4 is 5.32 Å². The number of anilines is 1. The summed E-state index contributed by atoms with van der Waals surface area (Å²) in [5, 5.41) is 10.1. The lowest BCUT2D eigenvalue weighted by molar-refractivity contribution is 0.102. The lowest BCUT2D eigenvalue weighted by Crippen LogP contribution is -2.14. The molecule has 3 aromatic rings. The van der Waals surface area contributed by atoms with Gasteiger partial charge in [0.15, 0.2) is 0 Å². The summed E-state index contributed by atoms with van der Waals surface area (Å²) in [6.45, 7) is 1.73. The topological polar surface area (TPSA) is 57.8 Å². The number of aromatic amines is 1. The molecular weight excluding hydrogens is 336 g/mol. The molecule has 0 bridgehead atoms. The first-order valence-corrected chi connectivity index (χ1v) is 7.41. The van der Waals surface area contributed by atoms with Crippen LogP contribution in [-0.2, 0) is 0 Å². The number of aryl methyl sites for hydroxylation is 1. The minimum absolute atomic E-state index is 0.251. The zero-order chi connectivity index (χ0) is 17.3. The Kier molecular flexibility index (Phi) is 4.31. The molecule has 24 heavy (non-hydrogen) atoms. The van der Waals surface area contributed by atoms with E-state index in [1.54, 1.807) is 31.2 Å². The standard InChI is InChI=1S/C17H12ClF2N3O/c1-9-15(16(23-22-9)10-2-4-11(18)5-3-10)21-17(24)13-7-6-12(19)8-14(13)20/h2-8H,1H3,(H,21,24)(H,22,23). The predicted octanol–water partition coefficient (Wildman–Crippen LogP) is 4.57. The molecule has 0 fully saturated rings. The monoisotopic (exact) mass is 347 g/mol. The van der Waals surface area contributed by atoms with Crippen LogP contribution >= 0.6 is 11.6 Å². The number of carbonyl (C=O) groups excluding carboxylic acids is 1. The van der Waals surface area contributed by atoms with Crippen molar-refractivity contribution in [2.75, 3.05) is 5.32 Å². The third-order valence-electron chi connectivity index (χ3n) is 3.48. The number of H-pyrrole nitrogens is 1. The van der Waals surface area contributed by atoms with Crippen molar-refractivity contribution in [2.24, 2.45) is 0 Å². The van der Waals surface area contributed by atoms with Gasteiger partial charge in [-0.3, -0.25) is 9.89 Å². The number of benzene rings is 2. The molecule has 0 spiro atoms. The van der Waals surface area contributed by atoms with Crippen molar-refractivity contribution < 1.29 is 13.6 Å². The number of carbonyl (C=O) groups is 1. The third-order valence-corrected chi connectivity index (χ3v) is 3.73. The summed E-state index contributed by atoms with van der Waals surface area (Å²) < 4.78 is 26.7. The first kappa shape index (κ1) is 16.1. The molecule has 1 amide bonds. The van der Waals surface area contributed by atoms with Crippen LogP contribution in [0.1, 0.15) is 16.1 Å². The Morgan fingerprint density at radius 2 is 1.88 bits per heavy atom. The Morgan fingerprint density at radius 3 is 2.54 bits per heavy atom. The molecule has 2 N–H and O–H groups in total. The number of amides is 1. The van der Waals surface area contributed by atoms with Gasteiger partial charge in [-0.2, -0.15) is 5.10 Å². The van der Waals surface area contributed by atoms with Crippen molar-refractivity contribution in [3.63, 3.8) is 0 Å². The zero-order valence-corrected chi connectivity index (χ0v) is 13.3. The number of hydrogen-bond donors (Lipinski definition) is 2. The summed E-state index contributed by atoms with van der Waals surface area (Å²) in [4.78, 5) is 12.3. The van der Waals surface area contributed by atoms with E-state index in [1.165, 1.54) is 0 Å². The van der Waals surface area contributed by atoms with Crippen LogP contribution in [0.25, 0.3) is 11.3 Å². The molecule has 0 aliphatic rings. The van der Waals surface area contributed by atoms with Crippen molar-refractivity contribution in [2.45, 2.75) is 6.92 Å². The molecule has 7 heteroatoms. The highest BCUT2D eigenvalue weighted by molar-refractivity contribution is 6.30. The van der Waals surface area contributed by atoms with Gasteiger partial charge in [-0.25, -0.2) is 8.78 Å². The molecule has 2 aromatic carbocycles. The van der Waals surface area contributed by atoms with Gasteiger partial charge in [0.1, 0.15) is 17.3 Å². The maximum absolute atomic E-state index is 13.8. The van der Waals surface area contributed by atoms with Gasteiger partial charge < -0.3 is 5.32 Å². The molecule has 0 unspecified atom stereocenters. The van der Waals surface area contributed by atoms with E-state index in [4.69, 9.17) is 11.6 Å². The molecule has 1 aromatic heterocycles. The molecule has 1 heterocycles. The largest absolute Gasteiger partial charge is 0.318 e. The van der Waals surface area contributed by atoms with E-state index in [0.717, 1.165) is 17.7 Å². The number of hydrogen-bond acceptors (Lipinski definition) is 2. The first-order valence-electron chi connectivity index (χ1n) is 7.03. The SMILES string of the molecule is Cc1[nH]nc(-c2ccc(Cl)cc2)c1NC(=O)c1ccc(F)cc1F. The molecular formula is C17H12ClF2N3O. The van der Waals surface area contributed by atoms with E-state index < -0.39 is 17.5 Å². The summed E-state index contributed by atoms with van der Waals surface area (Å²) in [6, 6.07) is 9.70. The van der Waals surface area contributed by atoms with Crippen molar-refractivity contribution >= 4 is 23.2 Å². The number of nitrogens with zero attached hydrogens (tertiary/aromatic N) is 1. The van der Waals surface area contributed by atoms with Crippen LogP contribution in [-0.4, -0.2) is 16.1 Å². The Balaban J connectivity index is 1.94. The van der Waals surface area contributed by atoms with Gasteiger partial charge in [0.05, 0.1) is 16.9 Å². The van der Waals surface area contributed by atoms with E-state index in [2.05, 4.69) is 15.5 Å². The van der Waals surface area contributed by atoms with Crippen molar-refractivity contribution in [1.82, 2.24) is 10.2 Å². The minimum atomic E-state index is -0.929. The molecule has 0 radical (unpaired) electrons. The van der Waals surface area contributed by atoms with Gasteiger partial charge >= 0.3 is 0 Å². The summed E-state index contributed by atoms with van der Waals surface area (Å²) in [7, 11) is 0. The molecule has 0 atom stereocenters. The minimum Gasteiger partial charge on any atom is -0.318 e. The third kappa shape index (κ3) is 3.14. The Labute approximate surface area is 141 Å². The van der Waals surface area contributed by atoms with E-state index in [1.807, 2.05) is 0 Å². The fourth-order valence-electron chi connectivity index (χ4n) is 2.25. The molecule has 0 aliphatic heterocycles. The highest BCUT2D eigenvalue weighted by Crippen LogP contribution is 2.29. The fraction of sp³-hybridized carbons (Fsp3) is 0.0588. The second-order valence-corrected chi connectivity index (χ2v) is 5.59. The highest BCUT2D eigenvalue weighted by Gasteiger charge is 2.18. The molecule has 0 saturated carbocycles. The lowest BCUT2D eigenvalue weighted by Gasteiger charge is -2.08. The quantitative estimate of drug-likeness (QED) is 0.729. The van der Waals surface area contributed by atoms with Gasteiger partial charge in [0, 0.05) is 16.7 Å². The number of halogens is 3. The van der Waals surface area contributed by atoms with Crippen LogP contribution in [0.2, 0.25) is 5.02 Å². The van der Waals surface area contributed by atoms with Crippen molar-refractivity contribution in [3.05, 3.63) is 70.4 Å². The van der Waals surface area contributed by atoms with Gasteiger partial charge in [-0.05, 0) is 31.2 Å². The predicted molar refractivity (Wildman–Crippen MR) is 88.1 cm³/mol.